The number of rotatable bonds is 13. The average molecular weight is 498 g/mol. The van der Waals surface area contributed by atoms with Crippen LogP contribution >= 0.6 is 0 Å². The number of carboxylic acid groups (broad SMARTS) is 2. The maximum Gasteiger partial charge on any atom is 0.352 e. The number of carboxylic acids is 2. The summed E-state index contributed by atoms with van der Waals surface area (Å²) in [6, 6.07) is 25.7. The standard InChI is InChI=1S/C31H31NO5/c33-30(34)13-7-20-32-28-12-6-11-25(27(28)22-29(32)31(35)36)17-14-24-15-18-26(19-16-24)37-21-5-4-10-23-8-2-1-3-9-23/h1-3,6,8-9,11-12,14-19,22H,4-5,7,10,13,20-21H2,(H,33,34)(H,35,36)/b17-14+. The molecule has 4 aromatic rings. The number of ether oxygens (including phenoxy) is 1. The lowest BCUT2D eigenvalue weighted by atomic mass is 10.1. The Bertz CT molecular complexity index is 1370. The molecule has 1 heterocycles. The quantitative estimate of drug-likeness (QED) is 0.157. The summed E-state index contributed by atoms with van der Waals surface area (Å²) in [5, 5.41) is 19.4. The van der Waals surface area contributed by atoms with Crippen LogP contribution in [0.25, 0.3) is 23.1 Å². The van der Waals surface area contributed by atoms with Gasteiger partial charge in [-0.3, -0.25) is 4.79 Å². The van der Waals surface area contributed by atoms with Gasteiger partial charge in [-0.25, -0.2) is 4.79 Å². The van der Waals surface area contributed by atoms with E-state index in [2.05, 4.69) is 24.3 Å². The third-order valence-electron chi connectivity index (χ3n) is 6.28. The molecular weight excluding hydrogens is 466 g/mol. The van der Waals surface area contributed by atoms with Crippen LogP contribution in [0.5, 0.6) is 5.75 Å². The van der Waals surface area contributed by atoms with Crippen LogP contribution in [0.15, 0.2) is 78.9 Å². The van der Waals surface area contributed by atoms with Crippen LogP contribution in [-0.4, -0.2) is 33.3 Å². The third kappa shape index (κ3) is 7.10. The van der Waals surface area contributed by atoms with E-state index in [0.29, 0.717) is 19.6 Å². The number of fused-ring (bicyclic) bond motifs is 1. The molecular formula is C31H31NO5. The van der Waals surface area contributed by atoms with Gasteiger partial charge in [-0.1, -0.05) is 66.7 Å². The minimum Gasteiger partial charge on any atom is -0.494 e. The summed E-state index contributed by atoms with van der Waals surface area (Å²) in [4.78, 5) is 22.7. The molecule has 0 aliphatic rings. The second-order valence-corrected chi connectivity index (χ2v) is 8.96. The Morgan fingerprint density at radius 2 is 1.62 bits per heavy atom. The van der Waals surface area contributed by atoms with Crippen molar-refractivity contribution in [2.24, 2.45) is 0 Å². The molecule has 0 bridgehead atoms. The monoisotopic (exact) mass is 497 g/mol. The molecule has 0 atom stereocenters. The van der Waals surface area contributed by atoms with E-state index in [-0.39, 0.29) is 12.1 Å². The van der Waals surface area contributed by atoms with Crippen LogP contribution < -0.4 is 4.74 Å². The van der Waals surface area contributed by atoms with E-state index in [1.807, 2.05) is 60.7 Å². The fourth-order valence-corrected chi connectivity index (χ4v) is 4.39. The van der Waals surface area contributed by atoms with Crippen LogP contribution in [0.3, 0.4) is 0 Å². The van der Waals surface area contributed by atoms with Crippen molar-refractivity contribution >= 4 is 35.0 Å². The zero-order valence-corrected chi connectivity index (χ0v) is 20.7. The second kappa shape index (κ2) is 12.6. The molecule has 0 fully saturated rings. The van der Waals surface area contributed by atoms with Gasteiger partial charge in [0, 0.05) is 23.9 Å². The summed E-state index contributed by atoms with van der Waals surface area (Å²) >= 11 is 0. The molecule has 0 saturated carbocycles. The molecule has 0 saturated heterocycles. The molecule has 37 heavy (non-hydrogen) atoms. The smallest absolute Gasteiger partial charge is 0.352 e. The Kier molecular flexibility index (Phi) is 8.76. The number of hydrogen-bond acceptors (Lipinski definition) is 3. The average Bonchev–Trinajstić information content (AvgIpc) is 3.28. The first-order valence-corrected chi connectivity index (χ1v) is 12.5. The van der Waals surface area contributed by atoms with Gasteiger partial charge in [-0.15, -0.1) is 0 Å². The van der Waals surface area contributed by atoms with Gasteiger partial charge in [0.1, 0.15) is 11.4 Å². The van der Waals surface area contributed by atoms with Gasteiger partial charge >= 0.3 is 11.9 Å². The first-order valence-electron chi connectivity index (χ1n) is 12.5. The predicted octanol–water partition coefficient (Wildman–Crippen LogP) is 6.78. The summed E-state index contributed by atoms with van der Waals surface area (Å²) < 4.78 is 7.57. The van der Waals surface area contributed by atoms with Crippen LogP contribution in [0.2, 0.25) is 0 Å². The van der Waals surface area contributed by atoms with E-state index in [9.17, 15) is 14.7 Å². The van der Waals surface area contributed by atoms with Crippen LogP contribution in [-0.2, 0) is 17.8 Å². The summed E-state index contributed by atoms with van der Waals surface area (Å²) in [7, 11) is 0. The van der Waals surface area contributed by atoms with E-state index >= 15 is 0 Å². The third-order valence-corrected chi connectivity index (χ3v) is 6.28. The number of hydrogen-bond donors (Lipinski definition) is 2. The van der Waals surface area contributed by atoms with Gasteiger partial charge < -0.3 is 19.5 Å². The number of benzene rings is 3. The topological polar surface area (TPSA) is 88.8 Å². The Balaban J connectivity index is 1.37. The molecule has 0 amide bonds. The number of aromatic nitrogens is 1. The summed E-state index contributed by atoms with van der Waals surface area (Å²) in [5.41, 5.74) is 4.19. The van der Waals surface area contributed by atoms with Crippen LogP contribution in [0.4, 0.5) is 0 Å². The maximum absolute atomic E-state index is 11.8. The first-order chi connectivity index (χ1) is 18.0. The van der Waals surface area contributed by atoms with E-state index in [0.717, 1.165) is 47.0 Å². The molecule has 6 nitrogen and oxygen atoms in total. The molecule has 0 aliphatic heterocycles. The molecule has 3 aromatic carbocycles. The van der Waals surface area contributed by atoms with Crippen LogP contribution in [0, 0.1) is 0 Å². The molecule has 0 spiro atoms. The lowest BCUT2D eigenvalue weighted by Crippen LogP contribution is -2.09. The number of carbonyl (C=O) groups is 2. The van der Waals surface area contributed by atoms with Crippen molar-refractivity contribution in [1.82, 2.24) is 4.57 Å². The van der Waals surface area contributed by atoms with Gasteiger partial charge in [-0.2, -0.15) is 0 Å². The highest BCUT2D eigenvalue weighted by molar-refractivity contribution is 5.99. The number of nitrogens with zero attached hydrogens (tertiary/aromatic N) is 1. The van der Waals surface area contributed by atoms with Crippen LogP contribution in [0.1, 0.15) is 52.9 Å². The SMILES string of the molecule is O=C(O)CCCn1c(C(=O)O)cc2c(/C=C/c3ccc(OCCCCc4ccccc4)cc3)cccc21. The minimum absolute atomic E-state index is 0.00821. The van der Waals surface area contributed by atoms with Crippen molar-refractivity contribution < 1.29 is 24.5 Å². The van der Waals surface area contributed by atoms with Crippen molar-refractivity contribution in [3.63, 3.8) is 0 Å². The summed E-state index contributed by atoms with van der Waals surface area (Å²) in [6.45, 7) is 1.01. The highest BCUT2D eigenvalue weighted by atomic mass is 16.5. The van der Waals surface area contributed by atoms with Crippen molar-refractivity contribution in [1.29, 1.82) is 0 Å². The van der Waals surface area contributed by atoms with Gasteiger partial charge in [0.25, 0.3) is 0 Å². The number of unbranched alkanes of at least 4 members (excludes halogenated alkanes) is 1. The zero-order chi connectivity index (χ0) is 26.0. The lowest BCUT2D eigenvalue weighted by Gasteiger charge is -2.08. The Morgan fingerprint density at radius 1 is 0.838 bits per heavy atom. The van der Waals surface area contributed by atoms with Crippen molar-refractivity contribution in [2.75, 3.05) is 6.61 Å². The molecule has 0 radical (unpaired) electrons. The van der Waals surface area contributed by atoms with Gasteiger partial charge in [0.2, 0.25) is 0 Å². The molecule has 0 unspecified atom stereocenters. The Hall–Kier alpha value is -4.32. The van der Waals surface area contributed by atoms with E-state index in [1.54, 1.807) is 10.6 Å². The van der Waals surface area contributed by atoms with Gasteiger partial charge in [0.15, 0.2) is 0 Å². The normalized spacial score (nSPS) is 11.2. The lowest BCUT2D eigenvalue weighted by molar-refractivity contribution is -0.137. The summed E-state index contributed by atoms with van der Waals surface area (Å²) in [6.07, 6.45) is 7.44. The van der Waals surface area contributed by atoms with Crippen molar-refractivity contribution in [3.8, 4) is 5.75 Å². The highest BCUT2D eigenvalue weighted by Crippen LogP contribution is 2.26. The second-order valence-electron chi connectivity index (χ2n) is 8.96. The Morgan fingerprint density at radius 3 is 2.35 bits per heavy atom. The van der Waals surface area contributed by atoms with Gasteiger partial charge in [0.05, 0.1) is 6.61 Å². The largest absolute Gasteiger partial charge is 0.494 e. The van der Waals surface area contributed by atoms with E-state index in [1.165, 1.54) is 5.56 Å². The molecule has 6 heteroatoms. The molecule has 190 valence electrons. The fraction of sp³-hybridized carbons (Fsp3) is 0.226. The maximum atomic E-state index is 11.8. The van der Waals surface area contributed by atoms with Gasteiger partial charge in [-0.05, 0) is 66.6 Å². The van der Waals surface area contributed by atoms with E-state index < -0.39 is 11.9 Å². The number of aryl methyl sites for hydroxylation is 2. The van der Waals surface area contributed by atoms with Crippen molar-refractivity contribution in [2.45, 2.75) is 38.6 Å². The molecule has 1 aromatic heterocycles. The number of aromatic carboxylic acids is 1. The first kappa shape index (κ1) is 25.8. The minimum atomic E-state index is -1.03. The van der Waals surface area contributed by atoms with E-state index in [4.69, 9.17) is 9.84 Å². The number of aliphatic carboxylic acids is 1. The van der Waals surface area contributed by atoms with Crippen molar-refractivity contribution in [3.05, 3.63) is 101 Å². The molecule has 2 N–H and O–H groups in total. The summed E-state index contributed by atoms with van der Waals surface area (Å²) in [5.74, 6) is -1.09. The Labute approximate surface area is 216 Å². The highest BCUT2D eigenvalue weighted by Gasteiger charge is 2.16. The predicted molar refractivity (Wildman–Crippen MR) is 146 cm³/mol. The molecule has 4 rings (SSSR count). The molecule has 0 aliphatic carbocycles. The fourth-order valence-electron chi connectivity index (χ4n) is 4.39. The zero-order valence-electron chi connectivity index (χ0n) is 20.7.